The number of sulfonamides is 1. The molecule has 0 spiro atoms. The third-order valence-corrected chi connectivity index (χ3v) is 7.71. The number of ether oxygens (including phenoxy) is 1. The van der Waals surface area contributed by atoms with Gasteiger partial charge in [-0.05, 0) is 24.3 Å². The van der Waals surface area contributed by atoms with Crippen LogP contribution in [0.25, 0.3) is 20.9 Å². The Bertz CT molecular complexity index is 1450. The number of carbonyl (C=O) groups is 2. The predicted molar refractivity (Wildman–Crippen MR) is 116 cm³/mol. The van der Waals surface area contributed by atoms with E-state index in [-0.39, 0.29) is 35.0 Å². The summed E-state index contributed by atoms with van der Waals surface area (Å²) in [6.07, 6.45) is 2.81. The van der Waals surface area contributed by atoms with Gasteiger partial charge < -0.3 is 4.74 Å². The molecule has 0 atom stereocenters. The number of esters is 1. The molecule has 5 rings (SSSR count). The molecule has 0 bridgehead atoms. The number of hydrogen-bond acceptors (Lipinski definition) is 9. The Morgan fingerprint density at radius 1 is 1.03 bits per heavy atom. The molecule has 0 N–H and O–H groups in total. The Morgan fingerprint density at radius 3 is 2.59 bits per heavy atom. The van der Waals surface area contributed by atoms with E-state index in [1.807, 2.05) is 24.3 Å². The van der Waals surface area contributed by atoms with Crippen molar-refractivity contribution in [3.63, 3.8) is 0 Å². The Hall–Kier alpha value is -3.70. The molecule has 0 saturated heterocycles. The number of aromatic nitrogens is 3. The van der Waals surface area contributed by atoms with Gasteiger partial charge in [0.25, 0.3) is 15.9 Å². The molecular formula is C21H14N4O5S2. The summed E-state index contributed by atoms with van der Waals surface area (Å²) < 4.78 is 32.1. The fourth-order valence-electron chi connectivity index (χ4n) is 3.36. The smallest absolute Gasteiger partial charge is 0.359 e. The minimum atomic E-state index is -3.97. The van der Waals surface area contributed by atoms with E-state index in [2.05, 4.69) is 15.0 Å². The van der Waals surface area contributed by atoms with Crippen molar-refractivity contribution >= 4 is 43.5 Å². The lowest BCUT2D eigenvalue weighted by molar-refractivity contribution is 0.0472. The maximum atomic E-state index is 12.7. The topological polar surface area (TPSA) is 119 Å². The zero-order valence-electron chi connectivity index (χ0n) is 16.3. The van der Waals surface area contributed by atoms with Gasteiger partial charge in [0, 0.05) is 12.4 Å². The highest BCUT2D eigenvalue weighted by Crippen LogP contribution is 2.31. The molecule has 9 nitrogen and oxygen atoms in total. The summed E-state index contributed by atoms with van der Waals surface area (Å²) in [4.78, 5) is 37.9. The molecule has 0 radical (unpaired) electrons. The fraction of sp³-hybridized carbons (Fsp3) is 0.0952. The van der Waals surface area contributed by atoms with E-state index >= 15 is 0 Å². The molecule has 3 heterocycles. The minimum Gasteiger partial charge on any atom is -0.459 e. The molecule has 1 amide bonds. The third-order valence-electron chi connectivity index (χ3n) is 4.83. The first kappa shape index (κ1) is 20.2. The average Bonchev–Trinajstić information content (AvgIpc) is 3.32. The maximum Gasteiger partial charge on any atom is 0.359 e. The van der Waals surface area contributed by atoms with Gasteiger partial charge in [0.05, 0.1) is 22.3 Å². The monoisotopic (exact) mass is 466 g/mol. The van der Waals surface area contributed by atoms with E-state index in [0.29, 0.717) is 9.31 Å². The van der Waals surface area contributed by atoms with Gasteiger partial charge in [-0.3, -0.25) is 4.79 Å². The number of thiazole rings is 1. The van der Waals surface area contributed by atoms with Crippen LogP contribution in [0.1, 0.15) is 20.8 Å². The van der Waals surface area contributed by atoms with Crippen molar-refractivity contribution in [2.24, 2.45) is 0 Å². The summed E-state index contributed by atoms with van der Waals surface area (Å²) in [6.45, 7) is -0.633. The fourth-order valence-corrected chi connectivity index (χ4v) is 5.88. The number of fused-ring (bicyclic) bond motifs is 2. The molecule has 11 heteroatoms. The number of hydrogen-bond donors (Lipinski definition) is 0. The quantitative estimate of drug-likeness (QED) is 0.412. The Balaban J connectivity index is 1.33. The van der Waals surface area contributed by atoms with Crippen LogP contribution < -0.4 is 0 Å². The SMILES string of the molecule is O=C(OCCN1C(=O)c2ccccc2S1(=O)=O)c1nccnc1-c1nc2ccccc2s1. The molecule has 32 heavy (non-hydrogen) atoms. The van der Waals surface area contributed by atoms with Crippen LogP contribution in [0.15, 0.2) is 65.8 Å². The summed E-state index contributed by atoms with van der Waals surface area (Å²) in [5.74, 6) is -1.43. The molecule has 1 aliphatic heterocycles. The van der Waals surface area contributed by atoms with Crippen molar-refractivity contribution in [2.75, 3.05) is 13.2 Å². The summed E-state index contributed by atoms with van der Waals surface area (Å²) >= 11 is 1.37. The van der Waals surface area contributed by atoms with Crippen LogP contribution in [-0.4, -0.2) is 52.7 Å². The largest absolute Gasteiger partial charge is 0.459 e. The highest BCUT2D eigenvalue weighted by Gasteiger charge is 2.40. The van der Waals surface area contributed by atoms with Crippen LogP contribution in [0.2, 0.25) is 0 Å². The normalized spacial score (nSPS) is 14.5. The number of nitrogens with zero attached hydrogens (tertiary/aromatic N) is 4. The number of carbonyl (C=O) groups excluding carboxylic acids is 2. The lowest BCUT2D eigenvalue weighted by Crippen LogP contribution is -2.33. The summed E-state index contributed by atoms with van der Waals surface area (Å²) in [5.41, 5.74) is 1.11. The van der Waals surface area contributed by atoms with Crippen LogP contribution in [-0.2, 0) is 14.8 Å². The lowest BCUT2D eigenvalue weighted by Gasteiger charge is -2.15. The maximum absolute atomic E-state index is 12.7. The van der Waals surface area contributed by atoms with Gasteiger partial charge in [-0.15, -0.1) is 11.3 Å². The van der Waals surface area contributed by atoms with E-state index < -0.39 is 21.9 Å². The zero-order chi connectivity index (χ0) is 22.3. The van der Waals surface area contributed by atoms with Crippen molar-refractivity contribution in [1.29, 1.82) is 0 Å². The number of benzene rings is 2. The van der Waals surface area contributed by atoms with Gasteiger partial charge in [0.15, 0.2) is 5.69 Å². The van der Waals surface area contributed by atoms with E-state index in [0.717, 1.165) is 10.2 Å². The van der Waals surface area contributed by atoms with E-state index in [4.69, 9.17) is 4.74 Å². The minimum absolute atomic E-state index is 0.0366. The van der Waals surface area contributed by atoms with Gasteiger partial charge >= 0.3 is 5.97 Å². The van der Waals surface area contributed by atoms with Crippen LogP contribution in [0, 0.1) is 0 Å². The van der Waals surface area contributed by atoms with Crippen LogP contribution in [0.5, 0.6) is 0 Å². The molecule has 4 aromatic rings. The van der Waals surface area contributed by atoms with Gasteiger partial charge in [0.2, 0.25) is 0 Å². The Labute approximate surface area is 186 Å². The molecule has 0 unspecified atom stereocenters. The summed E-state index contributed by atoms with van der Waals surface area (Å²) in [5, 5.41) is 0.513. The zero-order valence-corrected chi connectivity index (χ0v) is 18.0. The first-order valence-electron chi connectivity index (χ1n) is 9.47. The van der Waals surface area contributed by atoms with Crippen LogP contribution in [0.4, 0.5) is 0 Å². The number of para-hydroxylation sites is 1. The van der Waals surface area contributed by atoms with Crippen molar-refractivity contribution in [2.45, 2.75) is 4.90 Å². The van der Waals surface area contributed by atoms with Crippen LogP contribution >= 0.6 is 11.3 Å². The molecule has 0 saturated carbocycles. The number of amides is 1. The van der Waals surface area contributed by atoms with E-state index in [1.165, 1.54) is 35.9 Å². The summed E-state index contributed by atoms with van der Waals surface area (Å²) in [6, 6.07) is 13.5. The summed E-state index contributed by atoms with van der Waals surface area (Å²) in [7, 11) is -3.97. The molecule has 2 aromatic heterocycles. The second-order valence-electron chi connectivity index (χ2n) is 6.75. The van der Waals surface area contributed by atoms with Crippen molar-refractivity contribution < 1.29 is 22.7 Å². The van der Waals surface area contributed by atoms with E-state index in [1.54, 1.807) is 12.1 Å². The van der Waals surface area contributed by atoms with Crippen molar-refractivity contribution in [3.8, 4) is 10.7 Å². The highest BCUT2D eigenvalue weighted by molar-refractivity contribution is 7.90. The Kier molecular flexibility index (Phi) is 4.91. The first-order chi connectivity index (χ1) is 15.5. The lowest BCUT2D eigenvalue weighted by atomic mass is 10.2. The molecule has 1 aliphatic rings. The van der Waals surface area contributed by atoms with E-state index in [9.17, 15) is 18.0 Å². The molecule has 2 aromatic carbocycles. The Morgan fingerprint density at radius 2 is 1.78 bits per heavy atom. The third kappa shape index (κ3) is 3.31. The standard InChI is InChI=1S/C21H14N4O5S2/c26-20-13-5-1-4-8-16(13)32(28,29)25(20)11-12-30-21(27)18-17(22-9-10-23-18)19-24-14-6-2-3-7-15(14)31-19/h1-10H,11-12H2. The van der Waals surface area contributed by atoms with Gasteiger partial charge in [-0.2, -0.15) is 0 Å². The molecule has 0 fully saturated rings. The van der Waals surface area contributed by atoms with Gasteiger partial charge in [0.1, 0.15) is 22.2 Å². The second kappa shape index (κ2) is 7.77. The van der Waals surface area contributed by atoms with Crippen LogP contribution in [0.3, 0.4) is 0 Å². The highest BCUT2D eigenvalue weighted by atomic mass is 32.2. The number of rotatable bonds is 5. The molecule has 160 valence electrons. The van der Waals surface area contributed by atoms with Crippen molar-refractivity contribution in [3.05, 3.63) is 72.2 Å². The average molecular weight is 467 g/mol. The van der Waals surface area contributed by atoms with Gasteiger partial charge in [-0.1, -0.05) is 24.3 Å². The molecular weight excluding hydrogens is 452 g/mol. The van der Waals surface area contributed by atoms with Gasteiger partial charge in [-0.25, -0.2) is 32.5 Å². The van der Waals surface area contributed by atoms with Crippen molar-refractivity contribution in [1.82, 2.24) is 19.3 Å². The first-order valence-corrected chi connectivity index (χ1v) is 11.7. The molecule has 0 aliphatic carbocycles. The second-order valence-corrected chi connectivity index (χ2v) is 9.62. The predicted octanol–water partition coefficient (Wildman–Crippen LogP) is 2.75.